The summed E-state index contributed by atoms with van der Waals surface area (Å²) in [5.74, 6) is 0. The Hall–Kier alpha value is -0.800. The van der Waals surface area contributed by atoms with Crippen molar-refractivity contribution in [1.82, 2.24) is 4.90 Å². The molecule has 0 amide bonds. The van der Waals surface area contributed by atoms with Crippen molar-refractivity contribution < 1.29 is 0 Å². The van der Waals surface area contributed by atoms with Crippen LogP contribution in [0.3, 0.4) is 0 Å². The third kappa shape index (κ3) is 3.15. The highest BCUT2D eigenvalue weighted by Gasteiger charge is 2.20. The Kier molecular flexibility index (Phi) is 4.46. The minimum atomic E-state index is 0.534. The maximum atomic E-state index is 5.95. The molecule has 0 spiro atoms. The topological polar surface area (TPSA) is 15.3 Å². The number of hydrogen-bond acceptors (Lipinski definition) is 1. The maximum absolute atomic E-state index is 5.95. The molecule has 2 rings (SSSR count). The fourth-order valence-corrected chi connectivity index (χ4v) is 2.96. The van der Waals surface area contributed by atoms with Gasteiger partial charge in [-0.25, -0.2) is 0 Å². The molecule has 0 bridgehead atoms. The average molecular weight is 283 g/mol. The number of aryl methyl sites for hydroxylation is 1. The van der Waals surface area contributed by atoms with Crippen molar-refractivity contribution in [1.29, 1.82) is 0 Å². The lowest BCUT2D eigenvalue weighted by atomic mass is 10.0. The van der Waals surface area contributed by atoms with Gasteiger partial charge in [0.2, 0.25) is 0 Å². The summed E-state index contributed by atoms with van der Waals surface area (Å²) < 4.78 is 0. The largest absolute Gasteiger partial charge is 0.346 e. The second kappa shape index (κ2) is 5.89. The molecule has 0 aliphatic carbocycles. The second-order valence-corrected chi connectivity index (χ2v) is 5.75. The fraction of sp³-hybridized carbons (Fsp3) is 0.500. The van der Waals surface area contributed by atoms with Gasteiger partial charge in [0.25, 0.3) is 0 Å². The zero-order chi connectivity index (χ0) is 13.1. The zero-order valence-corrected chi connectivity index (χ0v) is 12.4. The molecule has 0 unspecified atom stereocenters. The molecule has 2 nitrogen and oxygen atoms in total. The van der Waals surface area contributed by atoms with Crippen molar-refractivity contribution in [2.75, 3.05) is 11.9 Å². The first kappa shape index (κ1) is 13.6. The number of nitrogens with zero attached hydrogens (tertiary/aromatic N) is 1. The van der Waals surface area contributed by atoms with Crippen LogP contribution in [0.2, 0.25) is 5.02 Å². The maximum Gasteiger partial charge on any atom is 0.173 e. The summed E-state index contributed by atoms with van der Waals surface area (Å²) in [5.41, 5.74) is 2.16. The van der Waals surface area contributed by atoms with Crippen molar-refractivity contribution >= 4 is 34.6 Å². The Bertz CT molecular complexity index is 447. The quantitative estimate of drug-likeness (QED) is 0.777. The minimum Gasteiger partial charge on any atom is -0.346 e. The number of hydrogen-bond donors (Lipinski definition) is 1. The van der Waals surface area contributed by atoms with Gasteiger partial charge in [-0.1, -0.05) is 11.6 Å². The Labute approximate surface area is 119 Å². The van der Waals surface area contributed by atoms with Crippen LogP contribution in [0.5, 0.6) is 0 Å². The Morgan fingerprint density at radius 2 is 2.22 bits per heavy atom. The van der Waals surface area contributed by atoms with Gasteiger partial charge in [0.1, 0.15) is 0 Å². The lowest BCUT2D eigenvalue weighted by Gasteiger charge is -2.35. The first-order valence-corrected chi connectivity index (χ1v) is 7.20. The predicted molar refractivity (Wildman–Crippen MR) is 82.4 cm³/mol. The molecule has 1 atom stereocenters. The molecule has 1 saturated heterocycles. The van der Waals surface area contributed by atoms with Crippen LogP contribution in [0.4, 0.5) is 5.69 Å². The van der Waals surface area contributed by atoms with E-state index in [-0.39, 0.29) is 0 Å². The van der Waals surface area contributed by atoms with E-state index in [2.05, 4.69) is 17.1 Å². The molecule has 1 heterocycles. The molecule has 0 saturated carbocycles. The van der Waals surface area contributed by atoms with Crippen molar-refractivity contribution in [2.45, 2.75) is 39.2 Å². The van der Waals surface area contributed by atoms with Gasteiger partial charge in [-0.3, -0.25) is 0 Å². The minimum absolute atomic E-state index is 0.534. The second-order valence-electron chi connectivity index (χ2n) is 4.93. The van der Waals surface area contributed by atoms with Gasteiger partial charge in [-0.05, 0) is 69.1 Å². The van der Waals surface area contributed by atoms with Crippen LogP contribution in [0.15, 0.2) is 18.2 Å². The predicted octanol–water partition coefficient (Wildman–Crippen LogP) is 4.22. The number of nitrogens with one attached hydrogen (secondary N) is 1. The summed E-state index contributed by atoms with van der Waals surface area (Å²) in [7, 11) is 0. The van der Waals surface area contributed by atoms with E-state index in [1.807, 2.05) is 25.1 Å². The number of benzene rings is 1. The molecule has 4 heteroatoms. The number of likely N-dealkylation sites (tertiary alicyclic amines) is 1. The molecule has 1 aliphatic heterocycles. The van der Waals surface area contributed by atoms with E-state index in [1.54, 1.807) is 0 Å². The van der Waals surface area contributed by atoms with E-state index >= 15 is 0 Å². The van der Waals surface area contributed by atoms with Gasteiger partial charge < -0.3 is 10.2 Å². The zero-order valence-electron chi connectivity index (χ0n) is 10.9. The van der Waals surface area contributed by atoms with E-state index in [0.717, 1.165) is 27.9 Å². The van der Waals surface area contributed by atoms with E-state index < -0.39 is 0 Å². The van der Waals surface area contributed by atoms with Crippen LogP contribution in [0.1, 0.15) is 31.7 Å². The summed E-state index contributed by atoms with van der Waals surface area (Å²) in [4.78, 5) is 2.28. The van der Waals surface area contributed by atoms with Gasteiger partial charge >= 0.3 is 0 Å². The Morgan fingerprint density at radius 1 is 1.44 bits per heavy atom. The summed E-state index contributed by atoms with van der Waals surface area (Å²) in [6.45, 7) is 5.33. The van der Waals surface area contributed by atoms with E-state index in [4.69, 9.17) is 23.8 Å². The third-order valence-corrected chi connectivity index (χ3v) is 4.07. The summed E-state index contributed by atoms with van der Waals surface area (Å²) in [6.07, 6.45) is 3.76. The highest BCUT2D eigenvalue weighted by molar-refractivity contribution is 7.80. The highest BCUT2D eigenvalue weighted by atomic mass is 35.5. The van der Waals surface area contributed by atoms with Crippen molar-refractivity contribution in [3.63, 3.8) is 0 Å². The van der Waals surface area contributed by atoms with Crippen LogP contribution in [0, 0.1) is 6.92 Å². The molecule has 1 fully saturated rings. The third-order valence-electron chi connectivity index (χ3n) is 3.49. The normalized spacial score (nSPS) is 19.7. The van der Waals surface area contributed by atoms with Crippen molar-refractivity contribution in [2.24, 2.45) is 0 Å². The fourth-order valence-electron chi connectivity index (χ4n) is 2.35. The van der Waals surface area contributed by atoms with Crippen LogP contribution in [-0.2, 0) is 0 Å². The molecule has 1 N–H and O–H groups in total. The van der Waals surface area contributed by atoms with Crippen molar-refractivity contribution in [3.8, 4) is 0 Å². The lowest BCUT2D eigenvalue weighted by molar-refractivity contribution is 0.262. The standard InChI is InChI=1S/C14H19ClN2S/c1-10-9-12(15)6-7-13(10)16-14(18)17-8-4-3-5-11(17)2/h6-7,9,11H,3-5,8H2,1-2H3,(H,16,18)/t11-/m0/s1. The van der Waals surface area contributed by atoms with Gasteiger partial charge in [0.15, 0.2) is 5.11 Å². The summed E-state index contributed by atoms with van der Waals surface area (Å²) in [6, 6.07) is 6.36. The van der Waals surface area contributed by atoms with Crippen LogP contribution in [0.25, 0.3) is 0 Å². The van der Waals surface area contributed by atoms with E-state index in [1.165, 1.54) is 19.3 Å². The first-order valence-electron chi connectivity index (χ1n) is 6.41. The van der Waals surface area contributed by atoms with Gasteiger partial charge in [0.05, 0.1) is 0 Å². The first-order chi connectivity index (χ1) is 8.58. The Morgan fingerprint density at radius 3 is 2.89 bits per heavy atom. The number of anilines is 1. The summed E-state index contributed by atoms with van der Waals surface area (Å²) in [5, 5.41) is 4.92. The van der Waals surface area contributed by atoms with Crippen molar-refractivity contribution in [3.05, 3.63) is 28.8 Å². The number of halogens is 1. The SMILES string of the molecule is Cc1cc(Cl)ccc1NC(=S)N1CCCC[C@@H]1C. The molecule has 0 radical (unpaired) electrons. The molecule has 1 aromatic carbocycles. The Balaban J connectivity index is 2.06. The van der Waals surface area contributed by atoms with E-state index in [9.17, 15) is 0 Å². The smallest absolute Gasteiger partial charge is 0.173 e. The number of thiocarbonyl (C=S) groups is 1. The number of rotatable bonds is 1. The molecule has 1 aliphatic rings. The molecule has 18 heavy (non-hydrogen) atoms. The monoisotopic (exact) mass is 282 g/mol. The molecule has 98 valence electrons. The van der Waals surface area contributed by atoms with Crippen LogP contribution in [-0.4, -0.2) is 22.6 Å². The van der Waals surface area contributed by atoms with E-state index in [0.29, 0.717) is 6.04 Å². The molecule has 1 aromatic rings. The average Bonchev–Trinajstić information content (AvgIpc) is 2.33. The molecule has 0 aromatic heterocycles. The van der Waals surface area contributed by atoms with Gasteiger partial charge in [-0.2, -0.15) is 0 Å². The highest BCUT2D eigenvalue weighted by Crippen LogP contribution is 2.22. The van der Waals surface area contributed by atoms with Gasteiger partial charge in [0, 0.05) is 23.3 Å². The van der Waals surface area contributed by atoms with Gasteiger partial charge in [-0.15, -0.1) is 0 Å². The molecular weight excluding hydrogens is 264 g/mol. The van der Waals surface area contributed by atoms with Crippen LogP contribution >= 0.6 is 23.8 Å². The van der Waals surface area contributed by atoms with Crippen LogP contribution < -0.4 is 5.32 Å². The number of piperidine rings is 1. The molecular formula is C14H19ClN2S. The lowest BCUT2D eigenvalue weighted by Crippen LogP contribution is -2.44. The summed E-state index contributed by atoms with van der Waals surface area (Å²) >= 11 is 11.5.